The number of carbonyl (C=O) groups is 1. The Bertz CT molecular complexity index is 1170. The van der Waals surface area contributed by atoms with E-state index < -0.39 is 6.10 Å². The summed E-state index contributed by atoms with van der Waals surface area (Å²) in [5, 5.41) is 16.3. The number of fused-ring (bicyclic) bond motifs is 2. The third-order valence-electron chi connectivity index (χ3n) is 9.57. The van der Waals surface area contributed by atoms with Crippen molar-refractivity contribution < 1.29 is 14.6 Å². The van der Waals surface area contributed by atoms with E-state index in [1.165, 1.54) is 6.42 Å². The summed E-state index contributed by atoms with van der Waals surface area (Å²) >= 11 is 6.74. The Balaban J connectivity index is 1.15. The number of amides is 1. The molecule has 1 unspecified atom stereocenters. The average molecular weight is 513 g/mol. The Morgan fingerprint density at radius 2 is 1.97 bits per heavy atom. The van der Waals surface area contributed by atoms with Gasteiger partial charge in [0.25, 0.3) is 0 Å². The standard InChI is InChI=1S/C28H37ClN4O3/c1-28(15-36-14-23(28)34)33-8-6-16(7-9-33)20-10-17-12-24(30-13-18(17)11-21(20)29)31-27(35)26-19-4-5-22(25(19)26)32(2)3/h10-13,16,19,22-23,25-26,34H,4-9,14-15H2,1-3H3,(H,30,31,35)/t19-,22?,23+,25-,26-,28-/m0/s1. The molecule has 0 spiro atoms. The van der Waals surface area contributed by atoms with Crippen LogP contribution < -0.4 is 5.32 Å². The van der Waals surface area contributed by atoms with Crippen molar-refractivity contribution in [2.45, 2.75) is 56.2 Å². The van der Waals surface area contributed by atoms with Crippen molar-refractivity contribution in [1.82, 2.24) is 14.8 Å². The molecular weight excluding hydrogens is 476 g/mol. The van der Waals surface area contributed by atoms with E-state index in [0.717, 1.165) is 53.7 Å². The van der Waals surface area contributed by atoms with Gasteiger partial charge in [-0.05, 0) is 107 Å². The number of halogens is 1. The van der Waals surface area contributed by atoms with E-state index in [2.05, 4.69) is 47.2 Å². The van der Waals surface area contributed by atoms with Gasteiger partial charge < -0.3 is 20.1 Å². The van der Waals surface area contributed by atoms with Crippen LogP contribution >= 0.6 is 11.6 Å². The zero-order valence-electron chi connectivity index (χ0n) is 21.4. The molecule has 2 saturated carbocycles. The van der Waals surface area contributed by atoms with Crippen LogP contribution in [0, 0.1) is 17.8 Å². The number of nitrogens with one attached hydrogen (secondary N) is 1. The summed E-state index contributed by atoms with van der Waals surface area (Å²) < 4.78 is 5.55. The third kappa shape index (κ3) is 4.13. The minimum atomic E-state index is -0.441. The Labute approximate surface area is 218 Å². The van der Waals surface area contributed by atoms with Gasteiger partial charge in [-0.25, -0.2) is 4.98 Å². The van der Waals surface area contributed by atoms with Crippen LogP contribution in [0.2, 0.25) is 5.02 Å². The highest BCUT2D eigenvalue weighted by Gasteiger charge is 2.61. The van der Waals surface area contributed by atoms with Crippen LogP contribution in [0.25, 0.3) is 10.8 Å². The van der Waals surface area contributed by atoms with Gasteiger partial charge in [-0.3, -0.25) is 9.69 Å². The Morgan fingerprint density at radius 3 is 2.67 bits per heavy atom. The van der Waals surface area contributed by atoms with Crippen molar-refractivity contribution in [1.29, 1.82) is 0 Å². The van der Waals surface area contributed by atoms with E-state index in [0.29, 0.717) is 42.8 Å². The van der Waals surface area contributed by atoms with Gasteiger partial charge in [0, 0.05) is 28.6 Å². The molecule has 0 bridgehead atoms. The maximum absolute atomic E-state index is 13.0. The number of aliphatic hydroxyl groups is 1. The lowest BCUT2D eigenvalue weighted by Gasteiger charge is -2.43. The molecule has 8 heteroatoms. The molecule has 1 aromatic carbocycles. The first-order valence-corrected chi connectivity index (χ1v) is 13.7. The molecule has 1 aromatic heterocycles. The van der Waals surface area contributed by atoms with Crippen LogP contribution in [0.1, 0.15) is 44.1 Å². The molecule has 2 aliphatic carbocycles. The lowest BCUT2D eigenvalue weighted by Crippen LogP contribution is -2.56. The van der Waals surface area contributed by atoms with E-state index in [1.807, 2.05) is 18.3 Å². The quantitative estimate of drug-likeness (QED) is 0.635. The van der Waals surface area contributed by atoms with Gasteiger partial charge in [0.05, 0.1) is 24.9 Å². The SMILES string of the molecule is CN(C)C1CC[C@@H]2[C@H](C(=O)Nc3cc4cc(C5CCN([C@@]6(C)COC[C@H]6O)CC5)c(Cl)cc4cn3)[C@H]12. The maximum Gasteiger partial charge on any atom is 0.229 e. The number of anilines is 1. The van der Waals surface area contributed by atoms with Gasteiger partial charge >= 0.3 is 0 Å². The van der Waals surface area contributed by atoms with E-state index >= 15 is 0 Å². The highest BCUT2D eigenvalue weighted by Crippen LogP contribution is 2.59. The van der Waals surface area contributed by atoms with E-state index in [-0.39, 0.29) is 17.4 Å². The monoisotopic (exact) mass is 512 g/mol. The molecule has 2 aliphatic heterocycles. The fraction of sp³-hybridized carbons (Fsp3) is 0.643. The predicted molar refractivity (Wildman–Crippen MR) is 141 cm³/mol. The van der Waals surface area contributed by atoms with Crippen LogP contribution in [0.3, 0.4) is 0 Å². The third-order valence-corrected chi connectivity index (χ3v) is 9.90. The number of hydrogen-bond donors (Lipinski definition) is 2. The largest absolute Gasteiger partial charge is 0.389 e. The van der Waals surface area contributed by atoms with Crippen LogP contribution in [0.4, 0.5) is 5.82 Å². The fourth-order valence-electron chi connectivity index (χ4n) is 7.25. The van der Waals surface area contributed by atoms with Crippen LogP contribution in [0.15, 0.2) is 24.4 Å². The topological polar surface area (TPSA) is 77.9 Å². The number of aliphatic hydroxyl groups excluding tert-OH is 1. The molecule has 2 N–H and O–H groups in total. The normalized spacial score (nSPS) is 34.9. The molecule has 4 fully saturated rings. The molecule has 36 heavy (non-hydrogen) atoms. The smallest absolute Gasteiger partial charge is 0.229 e. The number of ether oxygens (including phenoxy) is 1. The molecule has 4 aliphatic rings. The molecule has 194 valence electrons. The first kappa shape index (κ1) is 24.6. The molecule has 0 radical (unpaired) electrons. The second kappa shape index (κ2) is 9.21. The Kier molecular flexibility index (Phi) is 6.28. The summed E-state index contributed by atoms with van der Waals surface area (Å²) in [7, 11) is 4.23. The second-order valence-corrected chi connectivity index (χ2v) is 12.2. The number of pyridine rings is 1. The number of benzene rings is 1. The molecule has 2 aromatic rings. The number of carbonyl (C=O) groups excluding carboxylic acids is 1. The predicted octanol–water partition coefficient (Wildman–Crippen LogP) is 3.74. The van der Waals surface area contributed by atoms with Crippen molar-refractivity contribution in [3.05, 3.63) is 35.0 Å². The molecule has 6 rings (SSSR count). The zero-order chi connectivity index (χ0) is 25.2. The Hall–Kier alpha value is -1.77. The molecule has 6 atom stereocenters. The van der Waals surface area contributed by atoms with Gasteiger partial charge in [-0.2, -0.15) is 0 Å². The summed E-state index contributed by atoms with van der Waals surface area (Å²) in [4.78, 5) is 22.2. The summed E-state index contributed by atoms with van der Waals surface area (Å²) in [5.74, 6) is 2.20. The summed E-state index contributed by atoms with van der Waals surface area (Å²) in [6.45, 7) is 4.91. The number of rotatable bonds is 5. The van der Waals surface area contributed by atoms with Crippen LogP contribution in [0.5, 0.6) is 0 Å². The van der Waals surface area contributed by atoms with E-state index in [9.17, 15) is 9.90 Å². The van der Waals surface area contributed by atoms with Gasteiger partial charge in [-0.1, -0.05) is 11.6 Å². The maximum atomic E-state index is 13.0. The van der Waals surface area contributed by atoms with E-state index in [4.69, 9.17) is 16.3 Å². The highest BCUT2D eigenvalue weighted by atomic mass is 35.5. The van der Waals surface area contributed by atoms with Gasteiger partial charge in [0.2, 0.25) is 5.91 Å². The first-order valence-electron chi connectivity index (χ1n) is 13.3. The zero-order valence-corrected chi connectivity index (χ0v) is 22.2. The fourth-order valence-corrected chi connectivity index (χ4v) is 7.58. The minimum Gasteiger partial charge on any atom is -0.389 e. The first-order chi connectivity index (χ1) is 17.3. The van der Waals surface area contributed by atoms with Crippen LogP contribution in [-0.2, 0) is 9.53 Å². The van der Waals surface area contributed by atoms with Gasteiger partial charge in [-0.15, -0.1) is 0 Å². The number of likely N-dealkylation sites (tertiary alicyclic amines) is 1. The molecular formula is C28H37ClN4O3. The lowest BCUT2D eigenvalue weighted by molar-refractivity contribution is -0.118. The summed E-state index contributed by atoms with van der Waals surface area (Å²) in [6.07, 6.45) is 5.67. The van der Waals surface area contributed by atoms with Gasteiger partial charge in [0.1, 0.15) is 5.82 Å². The highest BCUT2D eigenvalue weighted by molar-refractivity contribution is 6.32. The average Bonchev–Trinajstić information content (AvgIpc) is 3.21. The lowest BCUT2D eigenvalue weighted by atomic mass is 9.85. The Morgan fingerprint density at radius 1 is 1.19 bits per heavy atom. The minimum absolute atomic E-state index is 0.108. The second-order valence-electron chi connectivity index (χ2n) is 11.8. The van der Waals surface area contributed by atoms with Crippen molar-refractivity contribution in [3.8, 4) is 0 Å². The molecule has 3 heterocycles. The van der Waals surface area contributed by atoms with Crippen molar-refractivity contribution in [3.63, 3.8) is 0 Å². The van der Waals surface area contributed by atoms with Gasteiger partial charge in [0.15, 0.2) is 0 Å². The number of nitrogens with zero attached hydrogens (tertiary/aromatic N) is 3. The number of aromatic nitrogens is 1. The van der Waals surface area contributed by atoms with Crippen molar-refractivity contribution >= 4 is 34.1 Å². The number of piperidine rings is 1. The van der Waals surface area contributed by atoms with E-state index in [1.54, 1.807) is 0 Å². The summed E-state index contributed by atoms with van der Waals surface area (Å²) in [5.41, 5.74) is 0.856. The molecule has 2 saturated heterocycles. The van der Waals surface area contributed by atoms with Crippen molar-refractivity contribution in [2.24, 2.45) is 17.8 Å². The number of hydrogen-bond acceptors (Lipinski definition) is 6. The summed E-state index contributed by atoms with van der Waals surface area (Å²) in [6, 6.07) is 6.67. The molecule has 1 amide bonds. The molecule has 7 nitrogen and oxygen atoms in total. The van der Waals surface area contributed by atoms with Crippen molar-refractivity contribution in [2.75, 3.05) is 45.7 Å². The van der Waals surface area contributed by atoms with Crippen LogP contribution in [-0.4, -0.2) is 83.9 Å².